The van der Waals surface area contributed by atoms with Crippen LogP contribution in [0.1, 0.15) is 26.2 Å². The van der Waals surface area contributed by atoms with Gasteiger partial charge in [0.05, 0.1) is 0 Å². The van der Waals surface area contributed by atoms with Crippen molar-refractivity contribution in [2.45, 2.75) is 26.2 Å². The minimum absolute atomic E-state index is 0.733. The van der Waals surface area contributed by atoms with Crippen molar-refractivity contribution in [1.82, 2.24) is 0 Å². The van der Waals surface area contributed by atoms with Crippen LogP contribution in [0.5, 0.6) is 0 Å². The maximum absolute atomic E-state index is 3.98. The Labute approximate surface area is 50.6 Å². The molecule has 0 radical (unpaired) electrons. The van der Waals surface area contributed by atoms with E-state index in [9.17, 15) is 0 Å². The fraction of sp³-hybridized carbons (Fsp3) is 0.750. The van der Waals surface area contributed by atoms with Gasteiger partial charge in [0.2, 0.25) is 0 Å². The lowest BCUT2D eigenvalue weighted by atomic mass is 10.1. The lowest BCUT2D eigenvalue weighted by Gasteiger charge is -1.99. The summed E-state index contributed by atoms with van der Waals surface area (Å²) in [4.78, 5) is 0. The summed E-state index contributed by atoms with van der Waals surface area (Å²) in [5, 5.41) is 0. The largest absolute Gasteiger partial charge is 0.0998 e. The van der Waals surface area contributed by atoms with E-state index < -0.39 is 0 Å². The van der Waals surface area contributed by atoms with Gasteiger partial charge in [-0.3, -0.25) is 0 Å². The summed E-state index contributed by atoms with van der Waals surface area (Å²) >= 11 is 0. The molecule has 8 heavy (non-hydrogen) atoms. The van der Waals surface area contributed by atoms with E-state index in [-0.39, 0.29) is 0 Å². The van der Waals surface area contributed by atoms with Crippen molar-refractivity contribution in [3.8, 4) is 0 Å². The minimum atomic E-state index is 0.733. The van der Waals surface area contributed by atoms with Gasteiger partial charge in [-0.2, -0.15) is 0 Å². The van der Waals surface area contributed by atoms with E-state index in [4.69, 9.17) is 0 Å². The summed E-state index contributed by atoms with van der Waals surface area (Å²) in [7, 11) is 0. The molecule has 2 unspecified atom stereocenters. The van der Waals surface area contributed by atoms with Crippen molar-refractivity contribution in [3.05, 3.63) is 12.2 Å². The summed E-state index contributed by atoms with van der Waals surface area (Å²) in [6, 6.07) is 0. The first kappa shape index (κ1) is 4.60. The van der Waals surface area contributed by atoms with Gasteiger partial charge < -0.3 is 0 Å². The monoisotopic (exact) mass is 108 g/mol. The van der Waals surface area contributed by atoms with E-state index in [2.05, 4.69) is 13.5 Å². The smallest absolute Gasteiger partial charge is 0.0254 e. The molecule has 0 aromatic carbocycles. The molecule has 0 nitrogen and oxygen atoms in total. The lowest BCUT2D eigenvalue weighted by Crippen LogP contribution is -1.87. The van der Waals surface area contributed by atoms with E-state index in [1.165, 1.54) is 24.8 Å². The van der Waals surface area contributed by atoms with Crippen molar-refractivity contribution in [2.24, 2.45) is 11.3 Å². The Morgan fingerprint density at radius 2 is 2.50 bits per heavy atom. The molecule has 2 fully saturated rings. The highest BCUT2D eigenvalue weighted by molar-refractivity contribution is 5.19. The van der Waals surface area contributed by atoms with Gasteiger partial charge in [0, 0.05) is 0 Å². The van der Waals surface area contributed by atoms with Crippen molar-refractivity contribution in [1.29, 1.82) is 0 Å². The molecule has 2 saturated carbocycles. The summed E-state index contributed by atoms with van der Waals surface area (Å²) in [6.45, 7) is 6.36. The number of allylic oxidation sites excluding steroid dienone is 1. The summed E-state index contributed by atoms with van der Waals surface area (Å²) in [5.41, 5.74) is 2.22. The second kappa shape index (κ2) is 1.02. The molecule has 2 aliphatic rings. The van der Waals surface area contributed by atoms with Crippen molar-refractivity contribution >= 4 is 0 Å². The van der Waals surface area contributed by atoms with Crippen LogP contribution >= 0.6 is 0 Å². The van der Waals surface area contributed by atoms with Gasteiger partial charge in [-0.1, -0.05) is 19.1 Å². The molecular weight excluding hydrogens is 96.1 g/mol. The van der Waals surface area contributed by atoms with Crippen LogP contribution in [0.2, 0.25) is 0 Å². The fourth-order valence-electron chi connectivity index (χ4n) is 2.03. The second-order valence-corrected chi connectivity index (χ2v) is 3.69. The molecule has 44 valence electrons. The van der Waals surface area contributed by atoms with Gasteiger partial charge in [0.1, 0.15) is 0 Å². The molecule has 2 atom stereocenters. The normalized spacial score (nSPS) is 51.6. The Morgan fingerprint density at radius 1 is 1.75 bits per heavy atom. The van der Waals surface area contributed by atoms with Crippen LogP contribution in [0, 0.1) is 11.3 Å². The van der Waals surface area contributed by atoms with Gasteiger partial charge >= 0.3 is 0 Å². The molecular formula is C8H12. The van der Waals surface area contributed by atoms with Crippen molar-refractivity contribution in [2.75, 3.05) is 0 Å². The molecule has 0 aromatic heterocycles. The van der Waals surface area contributed by atoms with Crippen LogP contribution in [0.25, 0.3) is 0 Å². The Bertz CT molecular complexity index is 146. The molecule has 0 spiro atoms. The van der Waals surface area contributed by atoms with Crippen LogP contribution in [-0.2, 0) is 0 Å². The van der Waals surface area contributed by atoms with E-state index in [1.54, 1.807) is 0 Å². The zero-order valence-electron chi connectivity index (χ0n) is 5.41. The minimum Gasteiger partial charge on any atom is -0.0998 e. The van der Waals surface area contributed by atoms with Crippen LogP contribution in [0.3, 0.4) is 0 Å². The Morgan fingerprint density at radius 3 is 2.75 bits per heavy atom. The molecule has 2 aliphatic carbocycles. The van der Waals surface area contributed by atoms with E-state index in [1.807, 2.05) is 0 Å². The lowest BCUT2D eigenvalue weighted by molar-refractivity contribution is 0.569. The van der Waals surface area contributed by atoms with Gasteiger partial charge in [-0.25, -0.2) is 0 Å². The number of hydrogen-bond acceptors (Lipinski definition) is 0. The SMILES string of the molecule is C=C1CC2CC2(C)C1. The highest BCUT2D eigenvalue weighted by Crippen LogP contribution is 2.64. The maximum Gasteiger partial charge on any atom is -0.0254 e. The van der Waals surface area contributed by atoms with E-state index in [0.717, 1.165) is 11.3 Å². The number of hydrogen-bond donors (Lipinski definition) is 0. The summed E-state index contributed by atoms with van der Waals surface area (Å²) in [5.74, 6) is 1.04. The average Bonchev–Trinajstić information content (AvgIpc) is 2.07. The third-order valence-corrected chi connectivity index (χ3v) is 2.73. The predicted octanol–water partition coefficient (Wildman–Crippen LogP) is 2.36. The standard InChI is InChI=1S/C8H12/c1-6-3-7-5-8(7,2)4-6/h7H,1,3-5H2,2H3. The van der Waals surface area contributed by atoms with Gasteiger partial charge in [0.25, 0.3) is 0 Å². The fourth-order valence-corrected chi connectivity index (χ4v) is 2.03. The Kier molecular flexibility index (Phi) is 0.588. The zero-order chi connectivity index (χ0) is 5.78. The van der Waals surface area contributed by atoms with Gasteiger partial charge in [0.15, 0.2) is 0 Å². The van der Waals surface area contributed by atoms with Gasteiger partial charge in [-0.15, -0.1) is 0 Å². The van der Waals surface area contributed by atoms with Crippen molar-refractivity contribution < 1.29 is 0 Å². The second-order valence-electron chi connectivity index (χ2n) is 3.69. The highest BCUT2D eigenvalue weighted by atomic mass is 14.6. The van der Waals surface area contributed by atoms with Crippen molar-refractivity contribution in [3.63, 3.8) is 0 Å². The van der Waals surface area contributed by atoms with Crippen LogP contribution in [0.4, 0.5) is 0 Å². The Balaban J connectivity index is 2.21. The highest BCUT2D eigenvalue weighted by Gasteiger charge is 2.53. The molecule has 0 saturated heterocycles. The quantitative estimate of drug-likeness (QED) is 0.418. The van der Waals surface area contributed by atoms with Crippen LogP contribution < -0.4 is 0 Å². The molecule has 0 bridgehead atoms. The molecule has 0 heteroatoms. The maximum atomic E-state index is 3.98. The predicted molar refractivity (Wildman–Crippen MR) is 34.6 cm³/mol. The third-order valence-electron chi connectivity index (χ3n) is 2.73. The van der Waals surface area contributed by atoms with Crippen LogP contribution in [-0.4, -0.2) is 0 Å². The first-order valence-corrected chi connectivity index (χ1v) is 3.37. The molecule has 0 amide bonds. The number of fused-ring (bicyclic) bond motifs is 1. The van der Waals surface area contributed by atoms with Crippen LogP contribution in [0.15, 0.2) is 12.2 Å². The summed E-state index contributed by atoms with van der Waals surface area (Å²) < 4.78 is 0. The molecule has 0 heterocycles. The number of rotatable bonds is 0. The first-order chi connectivity index (χ1) is 3.71. The van der Waals surface area contributed by atoms with E-state index in [0.29, 0.717) is 0 Å². The van der Waals surface area contributed by atoms with E-state index >= 15 is 0 Å². The zero-order valence-corrected chi connectivity index (χ0v) is 5.41. The third kappa shape index (κ3) is 0.410. The Hall–Kier alpha value is -0.260. The average molecular weight is 108 g/mol. The molecule has 0 aromatic rings. The molecule has 0 aliphatic heterocycles. The molecule has 2 rings (SSSR count). The summed E-state index contributed by atoms with van der Waals surface area (Å²) in [6.07, 6.45) is 4.13. The first-order valence-electron chi connectivity index (χ1n) is 3.37. The topological polar surface area (TPSA) is 0 Å². The van der Waals surface area contributed by atoms with Gasteiger partial charge in [-0.05, 0) is 30.6 Å². The molecule has 0 N–H and O–H groups in total.